The highest BCUT2D eigenvalue weighted by molar-refractivity contribution is 7.43. The zero-order chi connectivity index (χ0) is 80.3. The molecule has 0 rings (SSSR count). The van der Waals surface area contributed by atoms with E-state index in [0.29, 0.717) is 0 Å². The molecule has 0 saturated heterocycles. The van der Waals surface area contributed by atoms with Crippen molar-refractivity contribution < 1.29 is 55.9 Å². The van der Waals surface area contributed by atoms with E-state index in [2.05, 4.69) is 41.5 Å². The van der Waals surface area contributed by atoms with Gasteiger partial charge in [-0.25, -0.2) is 0 Å². The van der Waals surface area contributed by atoms with Gasteiger partial charge in [-0.3, -0.25) is 28.8 Å². The number of rotatable bonds is 90. The minimum Gasteiger partial charge on any atom is -0.375 e. The lowest BCUT2D eigenvalue weighted by atomic mass is 10.0. The smallest absolute Gasteiger partial charge is 0.375 e. The van der Waals surface area contributed by atoms with Crippen LogP contribution in [0.4, 0.5) is 0 Å². The van der Waals surface area contributed by atoms with E-state index < -0.39 is 53.0 Å². The Morgan fingerprint density at radius 2 is 0.200 bits per heavy atom. The Morgan fingerprint density at radius 1 is 0.127 bits per heavy atom. The molecule has 0 spiro atoms. The minimum absolute atomic E-state index is 0.253. The predicted molar refractivity (Wildman–Crippen MR) is 472 cm³/mol. The van der Waals surface area contributed by atoms with Crippen LogP contribution in [0, 0.1) is 0 Å². The molecule has 0 heterocycles. The van der Waals surface area contributed by atoms with Crippen molar-refractivity contribution in [2.24, 2.45) is 0 Å². The largest absolute Gasteiger partial charge is 0.537 e. The third kappa shape index (κ3) is 92.8. The molecule has 0 aliphatic heterocycles. The normalized spacial score (nSPS) is 11.3. The van der Waals surface area contributed by atoms with Crippen molar-refractivity contribution in [1.29, 1.82) is 0 Å². The summed E-state index contributed by atoms with van der Waals surface area (Å²) in [7, 11) is -4.70. The van der Waals surface area contributed by atoms with Crippen LogP contribution in [-0.2, 0) is 55.9 Å². The Labute approximate surface area is 686 Å². The first-order valence-corrected chi connectivity index (χ1v) is 51.1. The predicted octanol–water partition coefficient (Wildman–Crippen LogP) is 34.6. The van der Waals surface area contributed by atoms with Gasteiger partial charge in [0, 0.05) is 38.5 Å². The Morgan fingerprint density at radius 3 is 0.282 bits per heavy atom. The molecule has 0 unspecified atom stereocenters. The van der Waals surface area contributed by atoms with Gasteiger partial charge in [0.1, 0.15) is 0 Å². The molecule has 0 N–H and O–H groups in total. The van der Waals surface area contributed by atoms with E-state index in [1.54, 1.807) is 0 Å². The van der Waals surface area contributed by atoms with Crippen molar-refractivity contribution in [2.75, 3.05) is 0 Å². The van der Waals surface area contributed by atoms with E-state index >= 15 is 0 Å². The molecule has 0 aliphatic carbocycles. The maximum Gasteiger partial charge on any atom is 0.537 e. The van der Waals surface area contributed by atoms with Gasteiger partial charge in [-0.1, -0.05) is 504 Å². The molecule has 14 heteroatoms. The summed E-state index contributed by atoms with van der Waals surface area (Å²) in [5, 5.41) is 0. The van der Waals surface area contributed by atoms with Crippen molar-refractivity contribution in [3.8, 4) is 0 Å². The molecule has 0 atom stereocenters. The van der Waals surface area contributed by atoms with Gasteiger partial charge >= 0.3 is 53.0 Å². The first-order chi connectivity index (χ1) is 54.1. The quantitative estimate of drug-likeness (QED) is 0.0420. The second kappa shape index (κ2) is 95.5. The topological polar surface area (TPSA) is 158 Å². The van der Waals surface area contributed by atoms with Crippen LogP contribution in [0.5, 0.6) is 0 Å². The number of carbonyl (C=O) groups excluding carboxylic acids is 6. The highest BCUT2D eigenvalue weighted by Gasteiger charge is 2.29. The lowest BCUT2D eigenvalue weighted by Crippen LogP contribution is -2.11. The lowest BCUT2D eigenvalue weighted by molar-refractivity contribution is -0.145. The van der Waals surface area contributed by atoms with Crippen LogP contribution >= 0.6 is 17.2 Å². The number of hydrogen-bond donors (Lipinski definition) is 0. The van der Waals surface area contributed by atoms with Gasteiger partial charge in [0.05, 0.1) is 0 Å². The first kappa shape index (κ1) is 110. The minimum atomic E-state index is -2.35. The summed E-state index contributed by atoms with van der Waals surface area (Å²) < 4.78 is 32.9. The molecular weight excluding hydrogens is 1410 g/mol. The standard InChI is InChI=1S/2C48H93O6P/c2*1-4-7-10-13-16-19-22-25-28-31-34-37-40-43-46(49)52-55(53-47(50)44-41-38-35-32-29-26-23-20-17-14-11-8-5-2)54-48(51)45-42-39-36-33-30-27-24-21-18-15-12-9-6-3/h2*4-45H2,1-3H3. The van der Waals surface area contributed by atoms with Crippen LogP contribution in [0.1, 0.15) is 581 Å². The van der Waals surface area contributed by atoms with Gasteiger partial charge in [0.15, 0.2) is 0 Å². The number of hydrogen-bond acceptors (Lipinski definition) is 12. The molecule has 0 aromatic heterocycles. The fraction of sp³-hybridized carbons (Fsp3) is 0.938. The van der Waals surface area contributed by atoms with Gasteiger partial charge in [-0.15, -0.1) is 0 Å². The summed E-state index contributed by atoms with van der Waals surface area (Å²) in [5.74, 6) is -2.68. The highest BCUT2D eigenvalue weighted by Crippen LogP contribution is 2.43. The van der Waals surface area contributed by atoms with E-state index in [-0.39, 0.29) is 38.5 Å². The molecular formula is C96H186O12P2. The Kier molecular flexibility index (Phi) is 95.3. The van der Waals surface area contributed by atoms with Crippen molar-refractivity contribution in [1.82, 2.24) is 0 Å². The van der Waals surface area contributed by atoms with Crippen LogP contribution < -0.4 is 0 Å². The molecule has 0 aliphatic rings. The second-order valence-electron chi connectivity index (χ2n) is 33.2. The zero-order valence-electron chi connectivity index (χ0n) is 74.2. The fourth-order valence-electron chi connectivity index (χ4n) is 14.6. The summed E-state index contributed by atoms with van der Waals surface area (Å²) in [6.07, 6.45) is 97.9. The van der Waals surface area contributed by atoms with Crippen LogP contribution in [-0.4, -0.2) is 35.8 Å². The monoisotopic (exact) mass is 1590 g/mol. The fourth-order valence-corrected chi connectivity index (χ4v) is 16.4. The Balaban J connectivity index is 0. The van der Waals surface area contributed by atoms with Gasteiger partial charge in [0.2, 0.25) is 0 Å². The summed E-state index contributed by atoms with van der Waals surface area (Å²) in [5.41, 5.74) is 0. The van der Waals surface area contributed by atoms with Crippen LogP contribution in [0.3, 0.4) is 0 Å². The number of unbranched alkanes of at least 4 members (excludes halogenated alkanes) is 72. The average molecular weight is 1590 g/mol. The third-order valence-corrected chi connectivity index (χ3v) is 24.1. The van der Waals surface area contributed by atoms with Crippen molar-refractivity contribution in [3.63, 3.8) is 0 Å². The van der Waals surface area contributed by atoms with Crippen LogP contribution in [0.15, 0.2) is 0 Å². The Bertz CT molecular complexity index is 1560. The molecule has 0 aromatic rings. The summed E-state index contributed by atoms with van der Waals surface area (Å²) in [6.45, 7) is 13.6. The van der Waals surface area contributed by atoms with Gasteiger partial charge in [-0.05, 0) is 38.5 Å². The van der Waals surface area contributed by atoms with E-state index in [1.165, 1.54) is 385 Å². The molecule has 0 aromatic carbocycles. The van der Waals surface area contributed by atoms with Crippen LogP contribution in [0.25, 0.3) is 0 Å². The van der Waals surface area contributed by atoms with Crippen molar-refractivity contribution in [2.45, 2.75) is 581 Å². The molecule has 12 nitrogen and oxygen atoms in total. The Hall–Kier alpha value is -2.32. The van der Waals surface area contributed by atoms with E-state index in [4.69, 9.17) is 27.1 Å². The highest BCUT2D eigenvalue weighted by atomic mass is 31.2. The summed E-state index contributed by atoms with van der Waals surface area (Å²) in [4.78, 5) is 76.2. The summed E-state index contributed by atoms with van der Waals surface area (Å²) in [6, 6.07) is 0. The molecule has 0 radical (unpaired) electrons. The molecule has 0 bridgehead atoms. The maximum atomic E-state index is 12.7. The van der Waals surface area contributed by atoms with E-state index in [0.717, 1.165) is 116 Å². The first-order valence-electron chi connectivity index (χ1n) is 48.9. The second-order valence-corrected chi connectivity index (χ2v) is 35.2. The van der Waals surface area contributed by atoms with Gasteiger partial charge < -0.3 is 27.1 Å². The van der Waals surface area contributed by atoms with Gasteiger partial charge in [0.25, 0.3) is 0 Å². The van der Waals surface area contributed by atoms with Gasteiger partial charge in [-0.2, -0.15) is 0 Å². The average Bonchev–Trinajstić information content (AvgIpc) is 0.933. The third-order valence-electron chi connectivity index (χ3n) is 22.0. The maximum absolute atomic E-state index is 12.7. The lowest BCUT2D eigenvalue weighted by Gasteiger charge is -2.15. The molecule has 652 valence electrons. The van der Waals surface area contributed by atoms with Crippen LogP contribution in [0.2, 0.25) is 0 Å². The zero-order valence-corrected chi connectivity index (χ0v) is 76.0. The van der Waals surface area contributed by atoms with Crippen molar-refractivity contribution >= 4 is 53.0 Å². The SMILES string of the molecule is CCCCCCCCCCCCCCCC(=O)OP(OC(=O)CCCCCCCCCCCCCCC)OC(=O)CCCCCCCCCCCCCCC.CCCCCCCCCCCCCCCC(=O)OP(OC(=O)CCCCCCCCCCCCCCC)OC(=O)CCCCCCCCCCCCCCC. The molecule has 0 amide bonds. The summed E-state index contributed by atoms with van der Waals surface area (Å²) >= 11 is 0. The molecule has 110 heavy (non-hydrogen) atoms. The molecule has 0 fully saturated rings. The van der Waals surface area contributed by atoms with E-state index in [1.807, 2.05) is 0 Å². The molecule has 0 saturated carbocycles. The number of carbonyl (C=O) groups is 6. The van der Waals surface area contributed by atoms with Crippen molar-refractivity contribution in [3.05, 3.63) is 0 Å². The van der Waals surface area contributed by atoms with E-state index in [9.17, 15) is 28.8 Å².